The molecule has 1 aliphatic heterocycles. The van der Waals surface area contributed by atoms with E-state index in [4.69, 9.17) is 9.05 Å². The second-order valence-electron chi connectivity index (χ2n) is 3.66. The standard InChI is InChI=1S/C9H18NO4P/c1-4-13-15(12,14-5-2)9(3)7-6-8(11)10-9/h4-7H2,1-3H3,(H,10,11). The number of amides is 1. The zero-order valence-corrected chi connectivity index (χ0v) is 10.3. The molecule has 1 atom stereocenters. The van der Waals surface area contributed by atoms with Crippen molar-refractivity contribution < 1.29 is 18.4 Å². The molecule has 1 saturated heterocycles. The fourth-order valence-electron chi connectivity index (χ4n) is 1.65. The van der Waals surface area contributed by atoms with Gasteiger partial charge in [-0.25, -0.2) is 0 Å². The van der Waals surface area contributed by atoms with Crippen molar-refractivity contribution in [1.82, 2.24) is 5.32 Å². The van der Waals surface area contributed by atoms with E-state index in [1.54, 1.807) is 20.8 Å². The van der Waals surface area contributed by atoms with Gasteiger partial charge in [0.15, 0.2) is 0 Å². The van der Waals surface area contributed by atoms with E-state index < -0.39 is 12.9 Å². The molecule has 0 saturated carbocycles. The van der Waals surface area contributed by atoms with Crippen LogP contribution in [0.3, 0.4) is 0 Å². The minimum Gasteiger partial charge on any atom is -0.340 e. The van der Waals surface area contributed by atoms with Crippen LogP contribution in [-0.2, 0) is 18.4 Å². The highest BCUT2D eigenvalue weighted by atomic mass is 31.2. The van der Waals surface area contributed by atoms with E-state index in [2.05, 4.69) is 5.32 Å². The van der Waals surface area contributed by atoms with Crippen LogP contribution in [-0.4, -0.2) is 24.4 Å². The van der Waals surface area contributed by atoms with Gasteiger partial charge in [-0.05, 0) is 27.2 Å². The van der Waals surface area contributed by atoms with Gasteiger partial charge >= 0.3 is 7.60 Å². The number of rotatable bonds is 5. The van der Waals surface area contributed by atoms with E-state index in [1.807, 2.05) is 0 Å². The van der Waals surface area contributed by atoms with Crippen molar-refractivity contribution in [3.8, 4) is 0 Å². The van der Waals surface area contributed by atoms with Gasteiger partial charge < -0.3 is 14.4 Å². The van der Waals surface area contributed by atoms with Gasteiger partial charge in [-0.2, -0.15) is 0 Å². The molecule has 1 unspecified atom stereocenters. The Morgan fingerprint density at radius 1 is 1.40 bits per heavy atom. The lowest BCUT2D eigenvalue weighted by molar-refractivity contribution is -0.119. The summed E-state index contributed by atoms with van der Waals surface area (Å²) in [7, 11) is -3.25. The van der Waals surface area contributed by atoms with Crippen molar-refractivity contribution in [3.05, 3.63) is 0 Å². The smallest absolute Gasteiger partial charge is 0.340 e. The van der Waals surface area contributed by atoms with Crippen LogP contribution in [0.1, 0.15) is 33.6 Å². The molecule has 0 spiro atoms. The van der Waals surface area contributed by atoms with Crippen molar-refractivity contribution in [1.29, 1.82) is 0 Å². The quantitative estimate of drug-likeness (QED) is 0.739. The number of carbonyl (C=O) groups is 1. The Hall–Kier alpha value is -0.380. The fraction of sp³-hybridized carbons (Fsp3) is 0.889. The Balaban J connectivity index is 2.88. The second kappa shape index (κ2) is 4.64. The molecule has 1 amide bonds. The maximum Gasteiger partial charge on any atom is 0.355 e. The van der Waals surface area contributed by atoms with E-state index in [-0.39, 0.29) is 5.91 Å². The van der Waals surface area contributed by atoms with Crippen LogP contribution < -0.4 is 5.32 Å². The van der Waals surface area contributed by atoms with Gasteiger partial charge in [0.25, 0.3) is 0 Å². The molecular formula is C9H18NO4P. The van der Waals surface area contributed by atoms with E-state index in [0.717, 1.165) is 0 Å². The van der Waals surface area contributed by atoms with Gasteiger partial charge in [0.1, 0.15) is 5.28 Å². The van der Waals surface area contributed by atoms with E-state index in [0.29, 0.717) is 26.1 Å². The predicted octanol–water partition coefficient (Wildman–Crippen LogP) is 1.88. The molecule has 5 nitrogen and oxygen atoms in total. The normalized spacial score (nSPS) is 26.7. The van der Waals surface area contributed by atoms with E-state index >= 15 is 0 Å². The van der Waals surface area contributed by atoms with Crippen LogP contribution in [0.2, 0.25) is 0 Å². The maximum atomic E-state index is 12.4. The Bertz CT molecular complexity index is 284. The molecule has 0 aromatic heterocycles. The molecule has 1 heterocycles. The Morgan fingerprint density at radius 2 is 1.93 bits per heavy atom. The van der Waals surface area contributed by atoms with Gasteiger partial charge in [-0.15, -0.1) is 0 Å². The molecule has 1 rings (SSSR count). The van der Waals surface area contributed by atoms with Crippen molar-refractivity contribution >= 4 is 13.5 Å². The van der Waals surface area contributed by atoms with Crippen molar-refractivity contribution in [2.75, 3.05) is 13.2 Å². The van der Waals surface area contributed by atoms with Gasteiger partial charge in [0.05, 0.1) is 13.2 Å². The van der Waals surface area contributed by atoms with Crippen molar-refractivity contribution in [2.45, 2.75) is 38.9 Å². The Kier molecular flexibility index (Phi) is 3.93. The molecule has 0 bridgehead atoms. The highest BCUT2D eigenvalue weighted by Gasteiger charge is 2.51. The minimum atomic E-state index is -3.25. The molecule has 0 aromatic carbocycles. The number of carbonyl (C=O) groups excluding carboxylic acids is 1. The SMILES string of the molecule is CCOP(=O)(OCC)C1(C)CCC(=O)N1. The molecular weight excluding hydrogens is 217 g/mol. The lowest BCUT2D eigenvalue weighted by Gasteiger charge is -2.32. The molecule has 1 fully saturated rings. The van der Waals surface area contributed by atoms with Gasteiger partial charge in [-0.3, -0.25) is 9.36 Å². The summed E-state index contributed by atoms with van der Waals surface area (Å²) in [6, 6.07) is 0. The summed E-state index contributed by atoms with van der Waals surface area (Å²) in [5, 5.41) is 1.82. The third kappa shape index (κ3) is 2.41. The topological polar surface area (TPSA) is 64.6 Å². The van der Waals surface area contributed by atoms with Crippen LogP contribution in [0, 0.1) is 0 Å². The zero-order valence-electron chi connectivity index (χ0n) is 9.41. The van der Waals surface area contributed by atoms with Crippen molar-refractivity contribution in [2.24, 2.45) is 0 Å². The summed E-state index contributed by atoms with van der Waals surface area (Å²) in [6.45, 7) is 5.84. The first-order chi connectivity index (χ1) is 6.97. The average molecular weight is 235 g/mol. The fourth-order valence-corrected chi connectivity index (χ4v) is 3.62. The first-order valence-electron chi connectivity index (χ1n) is 5.17. The lowest BCUT2D eigenvalue weighted by atomic mass is 10.2. The molecule has 15 heavy (non-hydrogen) atoms. The third-order valence-corrected chi connectivity index (χ3v) is 5.19. The third-order valence-electron chi connectivity index (χ3n) is 2.45. The zero-order chi connectivity index (χ0) is 11.5. The van der Waals surface area contributed by atoms with Gasteiger partial charge in [0, 0.05) is 6.42 Å². The summed E-state index contributed by atoms with van der Waals surface area (Å²) < 4.78 is 22.9. The molecule has 0 aromatic rings. The summed E-state index contributed by atoms with van der Waals surface area (Å²) in [5.41, 5.74) is 0. The first-order valence-corrected chi connectivity index (χ1v) is 6.72. The molecule has 88 valence electrons. The Labute approximate surface area is 90.1 Å². The second-order valence-corrected chi connectivity index (χ2v) is 6.15. The molecule has 0 radical (unpaired) electrons. The highest BCUT2D eigenvalue weighted by molar-refractivity contribution is 7.55. The van der Waals surface area contributed by atoms with Crippen LogP contribution in [0.5, 0.6) is 0 Å². The lowest BCUT2D eigenvalue weighted by Crippen LogP contribution is -2.39. The van der Waals surface area contributed by atoms with E-state index in [1.165, 1.54) is 0 Å². The average Bonchev–Trinajstić information content (AvgIpc) is 2.49. The van der Waals surface area contributed by atoms with Crippen LogP contribution in [0.25, 0.3) is 0 Å². The molecule has 1 N–H and O–H groups in total. The number of nitrogens with one attached hydrogen (secondary N) is 1. The minimum absolute atomic E-state index is 0.0999. The predicted molar refractivity (Wildman–Crippen MR) is 56.6 cm³/mol. The molecule has 0 aliphatic carbocycles. The summed E-state index contributed by atoms with van der Waals surface area (Å²) in [6.07, 6.45) is 0.865. The summed E-state index contributed by atoms with van der Waals surface area (Å²) in [5.74, 6) is -0.0999. The largest absolute Gasteiger partial charge is 0.355 e. The summed E-state index contributed by atoms with van der Waals surface area (Å²) in [4.78, 5) is 11.2. The van der Waals surface area contributed by atoms with Crippen molar-refractivity contribution in [3.63, 3.8) is 0 Å². The first kappa shape index (κ1) is 12.7. The monoisotopic (exact) mass is 235 g/mol. The van der Waals surface area contributed by atoms with Crippen LogP contribution in [0.4, 0.5) is 0 Å². The molecule has 1 aliphatic rings. The molecule has 6 heteroatoms. The van der Waals surface area contributed by atoms with E-state index in [9.17, 15) is 9.36 Å². The Morgan fingerprint density at radius 3 is 2.27 bits per heavy atom. The van der Waals surface area contributed by atoms with Crippen LogP contribution >= 0.6 is 7.60 Å². The number of hydrogen-bond donors (Lipinski definition) is 1. The maximum absolute atomic E-state index is 12.4. The van der Waals surface area contributed by atoms with Crippen LogP contribution in [0.15, 0.2) is 0 Å². The highest BCUT2D eigenvalue weighted by Crippen LogP contribution is 2.61. The number of hydrogen-bond acceptors (Lipinski definition) is 4. The summed E-state index contributed by atoms with van der Waals surface area (Å²) >= 11 is 0. The van der Waals surface area contributed by atoms with Gasteiger partial charge in [-0.1, -0.05) is 0 Å². The van der Waals surface area contributed by atoms with Gasteiger partial charge in [0.2, 0.25) is 5.91 Å².